The number of rotatable bonds is 7. The fourth-order valence-electron chi connectivity index (χ4n) is 2.54. The summed E-state index contributed by atoms with van der Waals surface area (Å²) in [5.41, 5.74) is 1.03. The average Bonchev–Trinajstić information content (AvgIpc) is 2.86. The van der Waals surface area contributed by atoms with Crippen LogP contribution in [-0.2, 0) is 16.1 Å². The molecule has 1 aliphatic heterocycles. The lowest BCUT2D eigenvalue weighted by Crippen LogP contribution is -2.46. The lowest BCUT2D eigenvalue weighted by atomic mass is 10.2. The van der Waals surface area contributed by atoms with Crippen molar-refractivity contribution in [1.29, 1.82) is 0 Å². The maximum absolute atomic E-state index is 11.3. The van der Waals surface area contributed by atoms with Crippen LogP contribution in [0.15, 0.2) is 10.8 Å². The lowest BCUT2D eigenvalue weighted by Gasteiger charge is -2.34. The molecule has 0 aromatic carbocycles. The van der Waals surface area contributed by atoms with E-state index in [2.05, 4.69) is 14.8 Å². The van der Waals surface area contributed by atoms with Crippen molar-refractivity contribution in [3.8, 4) is 0 Å². The number of oxazole rings is 1. The Hall–Kier alpha value is -1.40. The van der Waals surface area contributed by atoms with Crippen molar-refractivity contribution >= 4 is 5.97 Å². The average molecular weight is 295 g/mol. The van der Waals surface area contributed by atoms with Gasteiger partial charge in [0, 0.05) is 39.1 Å². The molecule has 0 amide bonds. The first-order valence-electron chi connectivity index (χ1n) is 7.68. The molecule has 1 fully saturated rings. The van der Waals surface area contributed by atoms with E-state index in [0.29, 0.717) is 13.0 Å². The number of carbonyl (C=O) groups is 1. The van der Waals surface area contributed by atoms with Gasteiger partial charge in [0.2, 0.25) is 0 Å². The summed E-state index contributed by atoms with van der Waals surface area (Å²) < 4.78 is 10.2. The quantitative estimate of drug-likeness (QED) is 0.710. The number of aromatic nitrogens is 1. The molecular weight excluding hydrogens is 270 g/mol. The molecular formula is C15H25N3O3. The molecule has 0 saturated carbocycles. The summed E-state index contributed by atoms with van der Waals surface area (Å²) in [5, 5.41) is 0. The van der Waals surface area contributed by atoms with Gasteiger partial charge in [-0.1, -0.05) is 0 Å². The van der Waals surface area contributed by atoms with E-state index in [1.807, 2.05) is 13.8 Å². The maximum atomic E-state index is 11.3. The van der Waals surface area contributed by atoms with Gasteiger partial charge in [0.1, 0.15) is 5.76 Å². The molecule has 0 aliphatic carbocycles. The van der Waals surface area contributed by atoms with Crippen LogP contribution in [0.25, 0.3) is 0 Å². The van der Waals surface area contributed by atoms with Crippen LogP contribution in [0.2, 0.25) is 0 Å². The minimum absolute atomic E-state index is 0.0855. The Labute approximate surface area is 126 Å². The summed E-state index contributed by atoms with van der Waals surface area (Å²) >= 11 is 0. The van der Waals surface area contributed by atoms with Crippen molar-refractivity contribution in [2.75, 3.05) is 39.3 Å². The molecule has 1 aliphatic rings. The van der Waals surface area contributed by atoms with E-state index in [1.165, 1.54) is 6.39 Å². The highest BCUT2D eigenvalue weighted by molar-refractivity contribution is 5.69. The highest BCUT2D eigenvalue weighted by atomic mass is 16.5. The Bertz CT molecular complexity index is 439. The van der Waals surface area contributed by atoms with E-state index in [4.69, 9.17) is 9.15 Å². The third-order valence-electron chi connectivity index (χ3n) is 3.84. The Balaban J connectivity index is 1.62. The monoisotopic (exact) mass is 295 g/mol. The van der Waals surface area contributed by atoms with Crippen molar-refractivity contribution in [2.45, 2.75) is 33.2 Å². The van der Waals surface area contributed by atoms with E-state index >= 15 is 0 Å². The molecule has 0 bridgehead atoms. The minimum Gasteiger partial charge on any atom is -0.466 e. The van der Waals surface area contributed by atoms with Crippen LogP contribution in [0.3, 0.4) is 0 Å². The van der Waals surface area contributed by atoms with Gasteiger partial charge in [0.05, 0.1) is 12.3 Å². The summed E-state index contributed by atoms with van der Waals surface area (Å²) in [5.74, 6) is 0.824. The predicted molar refractivity (Wildman–Crippen MR) is 78.8 cm³/mol. The topological polar surface area (TPSA) is 58.8 Å². The molecule has 0 atom stereocenters. The highest BCUT2D eigenvalue weighted by Gasteiger charge is 2.18. The van der Waals surface area contributed by atoms with Gasteiger partial charge in [0.25, 0.3) is 0 Å². The molecule has 0 radical (unpaired) electrons. The van der Waals surface area contributed by atoms with Crippen LogP contribution in [0, 0.1) is 6.92 Å². The normalized spacial score (nSPS) is 17.0. The van der Waals surface area contributed by atoms with E-state index in [0.717, 1.165) is 57.1 Å². The molecule has 0 unspecified atom stereocenters. The molecule has 1 aromatic heterocycles. The molecule has 2 heterocycles. The SMILES string of the molecule is CCOC(=O)CCCN1CCN(Cc2ncoc2C)CC1. The Morgan fingerprint density at radius 3 is 2.67 bits per heavy atom. The summed E-state index contributed by atoms with van der Waals surface area (Å²) in [4.78, 5) is 20.3. The van der Waals surface area contributed by atoms with Gasteiger partial charge in [-0.3, -0.25) is 9.69 Å². The molecule has 1 aromatic rings. The summed E-state index contributed by atoms with van der Waals surface area (Å²) in [6.07, 6.45) is 2.91. The molecule has 0 N–H and O–H groups in total. The van der Waals surface area contributed by atoms with Crippen LogP contribution < -0.4 is 0 Å². The fraction of sp³-hybridized carbons (Fsp3) is 0.733. The molecule has 1 saturated heterocycles. The number of hydrogen-bond acceptors (Lipinski definition) is 6. The largest absolute Gasteiger partial charge is 0.466 e. The van der Waals surface area contributed by atoms with Crippen LogP contribution in [0.4, 0.5) is 0 Å². The van der Waals surface area contributed by atoms with Gasteiger partial charge in [-0.2, -0.15) is 0 Å². The summed E-state index contributed by atoms with van der Waals surface area (Å²) in [7, 11) is 0. The molecule has 6 nitrogen and oxygen atoms in total. The van der Waals surface area contributed by atoms with E-state index < -0.39 is 0 Å². The zero-order chi connectivity index (χ0) is 15.1. The first-order valence-corrected chi connectivity index (χ1v) is 7.68. The Morgan fingerprint density at radius 2 is 2.05 bits per heavy atom. The predicted octanol–water partition coefficient (Wildman–Crippen LogP) is 1.44. The molecule has 6 heteroatoms. The second-order valence-corrected chi connectivity index (χ2v) is 5.38. The van der Waals surface area contributed by atoms with E-state index in [-0.39, 0.29) is 5.97 Å². The maximum Gasteiger partial charge on any atom is 0.305 e. The third kappa shape index (κ3) is 5.13. The third-order valence-corrected chi connectivity index (χ3v) is 3.84. The molecule has 118 valence electrons. The van der Waals surface area contributed by atoms with Crippen molar-refractivity contribution in [1.82, 2.24) is 14.8 Å². The van der Waals surface area contributed by atoms with Crippen LogP contribution in [0.1, 0.15) is 31.2 Å². The van der Waals surface area contributed by atoms with Crippen LogP contribution in [0.5, 0.6) is 0 Å². The smallest absolute Gasteiger partial charge is 0.305 e. The summed E-state index contributed by atoms with van der Waals surface area (Å²) in [6, 6.07) is 0. The van der Waals surface area contributed by atoms with Crippen molar-refractivity contribution in [3.63, 3.8) is 0 Å². The molecule has 21 heavy (non-hydrogen) atoms. The first-order chi connectivity index (χ1) is 10.2. The molecule has 2 rings (SSSR count). The number of nitrogens with zero attached hydrogens (tertiary/aromatic N) is 3. The van der Waals surface area contributed by atoms with E-state index in [1.54, 1.807) is 0 Å². The van der Waals surface area contributed by atoms with Crippen molar-refractivity contribution in [3.05, 3.63) is 17.8 Å². The number of esters is 1. The first kappa shape index (κ1) is 16.0. The highest BCUT2D eigenvalue weighted by Crippen LogP contribution is 2.11. The zero-order valence-corrected chi connectivity index (χ0v) is 13.0. The fourth-order valence-corrected chi connectivity index (χ4v) is 2.54. The number of ether oxygens (including phenoxy) is 1. The van der Waals surface area contributed by atoms with Gasteiger partial charge in [0.15, 0.2) is 6.39 Å². The molecule has 0 spiro atoms. The van der Waals surface area contributed by atoms with Gasteiger partial charge in [-0.15, -0.1) is 0 Å². The summed E-state index contributed by atoms with van der Waals surface area (Å²) in [6.45, 7) is 10.2. The number of piperazine rings is 1. The van der Waals surface area contributed by atoms with Gasteiger partial charge < -0.3 is 14.1 Å². The van der Waals surface area contributed by atoms with Gasteiger partial charge in [-0.05, 0) is 26.8 Å². The number of carbonyl (C=O) groups excluding carboxylic acids is 1. The zero-order valence-electron chi connectivity index (χ0n) is 13.0. The van der Waals surface area contributed by atoms with Crippen LogP contribution in [-0.4, -0.2) is 60.1 Å². The van der Waals surface area contributed by atoms with E-state index in [9.17, 15) is 4.79 Å². The lowest BCUT2D eigenvalue weighted by molar-refractivity contribution is -0.143. The van der Waals surface area contributed by atoms with Gasteiger partial charge >= 0.3 is 5.97 Å². The standard InChI is InChI=1S/C15H25N3O3/c1-3-20-15(19)5-4-6-17-7-9-18(10-8-17)11-14-13(2)21-12-16-14/h12H,3-11H2,1-2H3. The number of hydrogen-bond donors (Lipinski definition) is 0. The second-order valence-electron chi connectivity index (χ2n) is 5.38. The minimum atomic E-state index is -0.0855. The van der Waals surface area contributed by atoms with Crippen molar-refractivity contribution < 1.29 is 13.9 Å². The Morgan fingerprint density at radius 1 is 1.33 bits per heavy atom. The number of aryl methyl sites for hydroxylation is 1. The second kappa shape index (κ2) is 8.14. The van der Waals surface area contributed by atoms with Gasteiger partial charge in [-0.25, -0.2) is 4.98 Å². The Kier molecular flexibility index (Phi) is 6.20. The van der Waals surface area contributed by atoms with Crippen molar-refractivity contribution in [2.24, 2.45) is 0 Å². The van der Waals surface area contributed by atoms with Crippen LogP contribution >= 0.6 is 0 Å².